The number of amides is 2. The summed E-state index contributed by atoms with van der Waals surface area (Å²) >= 11 is 0. The van der Waals surface area contributed by atoms with Crippen LogP contribution in [0, 0.1) is 6.92 Å². The molecular formula is C18H28N2O2. The van der Waals surface area contributed by atoms with Crippen LogP contribution in [0.5, 0.6) is 0 Å². The smallest absolute Gasteiger partial charge is 0.327 e. The molecule has 4 heteroatoms. The highest BCUT2D eigenvalue weighted by Gasteiger charge is 2.50. The van der Waals surface area contributed by atoms with Crippen molar-refractivity contribution in [3.63, 3.8) is 0 Å². The maximum absolute atomic E-state index is 13.0. The molecule has 0 bridgehead atoms. The molecule has 0 radical (unpaired) electrons. The van der Waals surface area contributed by atoms with E-state index in [2.05, 4.69) is 6.92 Å². The minimum Gasteiger partial charge on any atom is -0.371 e. The van der Waals surface area contributed by atoms with Crippen molar-refractivity contribution in [1.29, 1.82) is 0 Å². The summed E-state index contributed by atoms with van der Waals surface area (Å²) in [5.41, 5.74) is 0.351. The van der Waals surface area contributed by atoms with Gasteiger partial charge >= 0.3 is 6.03 Å². The van der Waals surface area contributed by atoms with Crippen molar-refractivity contribution in [2.24, 2.45) is 0 Å². The Bertz CT molecular complexity index is 535. The number of carbonyl (C=O) groups is 1. The van der Waals surface area contributed by atoms with E-state index < -0.39 is 5.72 Å². The van der Waals surface area contributed by atoms with Crippen LogP contribution in [0.4, 0.5) is 10.5 Å². The van der Waals surface area contributed by atoms with Gasteiger partial charge in [0.25, 0.3) is 0 Å². The van der Waals surface area contributed by atoms with Crippen LogP contribution in [0.25, 0.3) is 0 Å². The first kappa shape index (κ1) is 16.8. The Hall–Kier alpha value is -1.55. The van der Waals surface area contributed by atoms with Crippen molar-refractivity contribution in [3.05, 3.63) is 29.8 Å². The fourth-order valence-corrected chi connectivity index (χ4v) is 3.38. The summed E-state index contributed by atoms with van der Waals surface area (Å²) < 4.78 is 0. The predicted molar refractivity (Wildman–Crippen MR) is 90.0 cm³/mol. The van der Waals surface area contributed by atoms with Gasteiger partial charge in [-0.2, -0.15) is 0 Å². The van der Waals surface area contributed by atoms with Crippen LogP contribution in [-0.4, -0.2) is 33.8 Å². The molecule has 122 valence electrons. The number of carbonyl (C=O) groups excluding carboxylic acids is 1. The van der Waals surface area contributed by atoms with Crippen LogP contribution in [0.3, 0.4) is 0 Å². The van der Waals surface area contributed by atoms with Crippen molar-refractivity contribution in [1.82, 2.24) is 4.90 Å². The number of anilines is 1. The number of rotatable bonds is 4. The molecule has 1 aliphatic rings. The highest BCUT2D eigenvalue weighted by Crippen LogP contribution is 2.38. The summed E-state index contributed by atoms with van der Waals surface area (Å²) in [6.07, 6.45) is 2.53. The van der Waals surface area contributed by atoms with E-state index in [0.717, 1.165) is 30.6 Å². The van der Waals surface area contributed by atoms with Gasteiger partial charge in [-0.1, -0.05) is 31.0 Å². The average molecular weight is 304 g/mol. The summed E-state index contributed by atoms with van der Waals surface area (Å²) in [5, 5.41) is 10.9. The van der Waals surface area contributed by atoms with E-state index in [0.29, 0.717) is 6.42 Å². The molecule has 1 aromatic rings. The molecule has 1 N–H and O–H groups in total. The van der Waals surface area contributed by atoms with Gasteiger partial charge < -0.3 is 10.0 Å². The fourth-order valence-electron chi connectivity index (χ4n) is 3.38. The zero-order chi connectivity index (χ0) is 16.5. The molecule has 0 aromatic heterocycles. The number of hydrogen-bond acceptors (Lipinski definition) is 2. The van der Waals surface area contributed by atoms with Gasteiger partial charge in [-0.15, -0.1) is 0 Å². The number of nitrogens with zero attached hydrogens (tertiary/aromatic N) is 2. The normalized spacial score (nSPS) is 24.7. The number of hydrogen-bond donors (Lipinski definition) is 1. The molecule has 1 atom stereocenters. The minimum absolute atomic E-state index is 0.112. The Morgan fingerprint density at radius 2 is 1.77 bits per heavy atom. The van der Waals surface area contributed by atoms with Gasteiger partial charge in [0, 0.05) is 24.2 Å². The Labute approximate surface area is 133 Å². The largest absolute Gasteiger partial charge is 0.371 e. The second-order valence-electron chi connectivity index (χ2n) is 7.16. The maximum Gasteiger partial charge on any atom is 0.327 e. The van der Waals surface area contributed by atoms with Gasteiger partial charge in [0.05, 0.1) is 0 Å². The lowest BCUT2D eigenvalue weighted by Crippen LogP contribution is -2.68. The standard InChI is InChI=1S/C18H28N2O2/c1-6-7-12-19-16(21)20(15-10-8-14(2)9-11-15)18(5,22)13-17(19,3)4/h8-11,22H,6-7,12-13H2,1-5H3/t18-/m0/s1. The third kappa shape index (κ3) is 3.12. The summed E-state index contributed by atoms with van der Waals surface area (Å²) in [4.78, 5) is 16.5. The zero-order valence-corrected chi connectivity index (χ0v) is 14.4. The van der Waals surface area contributed by atoms with Crippen molar-refractivity contribution in [2.75, 3.05) is 11.4 Å². The number of aliphatic hydroxyl groups is 1. The Balaban J connectivity index is 2.39. The monoisotopic (exact) mass is 304 g/mol. The van der Waals surface area contributed by atoms with Crippen LogP contribution in [0.1, 0.15) is 52.5 Å². The summed E-state index contributed by atoms with van der Waals surface area (Å²) in [6.45, 7) is 10.6. The first-order valence-electron chi connectivity index (χ1n) is 8.10. The molecule has 1 aliphatic heterocycles. The van der Waals surface area contributed by atoms with Crippen LogP contribution in [-0.2, 0) is 0 Å². The fraction of sp³-hybridized carbons (Fsp3) is 0.611. The van der Waals surface area contributed by atoms with E-state index in [4.69, 9.17) is 0 Å². The molecular weight excluding hydrogens is 276 g/mol. The van der Waals surface area contributed by atoms with Crippen LogP contribution < -0.4 is 4.90 Å². The number of urea groups is 1. The molecule has 0 unspecified atom stereocenters. The molecule has 0 spiro atoms. The van der Waals surface area contributed by atoms with Gasteiger partial charge in [0.2, 0.25) is 0 Å². The molecule has 1 saturated heterocycles. The lowest BCUT2D eigenvalue weighted by molar-refractivity contribution is -0.0255. The topological polar surface area (TPSA) is 43.8 Å². The molecule has 22 heavy (non-hydrogen) atoms. The number of aryl methyl sites for hydroxylation is 1. The van der Waals surface area contributed by atoms with Gasteiger partial charge in [-0.25, -0.2) is 4.79 Å². The Morgan fingerprint density at radius 1 is 1.18 bits per heavy atom. The summed E-state index contributed by atoms with van der Waals surface area (Å²) in [5.74, 6) is 0. The molecule has 4 nitrogen and oxygen atoms in total. The van der Waals surface area contributed by atoms with Crippen LogP contribution >= 0.6 is 0 Å². The number of benzene rings is 1. The third-order valence-corrected chi connectivity index (χ3v) is 4.43. The first-order valence-corrected chi connectivity index (χ1v) is 8.10. The molecule has 1 heterocycles. The van der Waals surface area contributed by atoms with Crippen molar-refractivity contribution < 1.29 is 9.90 Å². The van der Waals surface area contributed by atoms with E-state index >= 15 is 0 Å². The molecule has 1 aromatic carbocycles. The van der Waals surface area contributed by atoms with E-state index in [1.165, 1.54) is 4.90 Å². The van der Waals surface area contributed by atoms with Gasteiger partial charge in [0.15, 0.2) is 0 Å². The van der Waals surface area contributed by atoms with Crippen LogP contribution in [0.2, 0.25) is 0 Å². The average Bonchev–Trinajstić information content (AvgIpc) is 2.38. The van der Waals surface area contributed by atoms with E-state index in [1.807, 2.05) is 49.9 Å². The lowest BCUT2D eigenvalue weighted by Gasteiger charge is -2.53. The first-order chi connectivity index (χ1) is 10.2. The SMILES string of the molecule is CCCCN1C(=O)N(c2ccc(C)cc2)[C@@](C)(O)CC1(C)C. The molecule has 2 amide bonds. The predicted octanol–water partition coefficient (Wildman–Crippen LogP) is 3.91. The van der Waals surface area contributed by atoms with Gasteiger partial charge in [-0.3, -0.25) is 4.90 Å². The molecule has 0 aliphatic carbocycles. The second-order valence-corrected chi connectivity index (χ2v) is 7.16. The van der Waals surface area contributed by atoms with Gasteiger partial charge in [0.1, 0.15) is 5.72 Å². The molecule has 2 rings (SSSR count). The maximum atomic E-state index is 13.0. The van der Waals surface area contributed by atoms with E-state index in [1.54, 1.807) is 6.92 Å². The molecule has 0 saturated carbocycles. The minimum atomic E-state index is -1.18. The summed E-state index contributed by atoms with van der Waals surface area (Å²) in [7, 11) is 0. The second kappa shape index (κ2) is 5.92. The quantitative estimate of drug-likeness (QED) is 0.916. The van der Waals surface area contributed by atoms with Crippen LogP contribution in [0.15, 0.2) is 24.3 Å². The number of unbranched alkanes of at least 4 members (excludes halogenated alkanes) is 1. The Kier molecular flexibility index (Phi) is 4.52. The zero-order valence-electron chi connectivity index (χ0n) is 14.4. The summed E-state index contributed by atoms with van der Waals surface area (Å²) in [6, 6.07) is 7.62. The third-order valence-electron chi connectivity index (χ3n) is 4.43. The highest BCUT2D eigenvalue weighted by molar-refractivity contribution is 5.94. The Morgan fingerprint density at radius 3 is 2.32 bits per heavy atom. The lowest BCUT2D eigenvalue weighted by atomic mass is 9.87. The molecule has 1 fully saturated rings. The van der Waals surface area contributed by atoms with Crippen molar-refractivity contribution in [3.8, 4) is 0 Å². The van der Waals surface area contributed by atoms with Crippen molar-refractivity contribution >= 4 is 11.7 Å². The van der Waals surface area contributed by atoms with Crippen molar-refractivity contribution in [2.45, 2.75) is 65.1 Å². The van der Waals surface area contributed by atoms with Gasteiger partial charge in [-0.05, 0) is 46.2 Å². The van der Waals surface area contributed by atoms with E-state index in [9.17, 15) is 9.90 Å². The van der Waals surface area contributed by atoms with E-state index in [-0.39, 0.29) is 11.6 Å². The highest BCUT2D eigenvalue weighted by atomic mass is 16.3.